The summed E-state index contributed by atoms with van der Waals surface area (Å²) in [6.45, 7) is 0. The van der Waals surface area contributed by atoms with Crippen molar-refractivity contribution in [1.82, 2.24) is 0 Å². The highest BCUT2D eigenvalue weighted by molar-refractivity contribution is 5.92. The molecule has 0 fully saturated rings. The van der Waals surface area contributed by atoms with E-state index in [1.807, 2.05) is 91.0 Å². The Bertz CT molecular complexity index is 1230. The lowest BCUT2D eigenvalue weighted by Gasteiger charge is -2.28. The first-order chi connectivity index (χ1) is 15.6. The van der Waals surface area contributed by atoms with Gasteiger partial charge in [0, 0.05) is 23.1 Å². The number of ether oxygens (including phenoxy) is 2. The van der Waals surface area contributed by atoms with Gasteiger partial charge in [-0.15, -0.1) is 0 Å². The second-order valence-corrected chi connectivity index (χ2v) is 7.60. The monoisotopic (exact) mass is 424 g/mol. The number of carboxylic acid groups (broad SMARTS) is 1. The lowest BCUT2D eigenvalue weighted by atomic mass is 9.97. The van der Waals surface area contributed by atoms with E-state index in [0.29, 0.717) is 12.0 Å². The molecule has 0 unspecified atom stereocenters. The van der Waals surface area contributed by atoms with Crippen LogP contribution < -0.4 is 9.47 Å². The normalized spacial score (nSPS) is 13.6. The van der Waals surface area contributed by atoms with Crippen LogP contribution in [-0.4, -0.2) is 16.2 Å². The van der Waals surface area contributed by atoms with E-state index in [2.05, 4.69) is 0 Å². The summed E-state index contributed by atoms with van der Waals surface area (Å²) in [6, 6.07) is 29.6. The van der Waals surface area contributed by atoms with E-state index in [1.165, 1.54) is 6.07 Å². The molecule has 0 spiro atoms. The lowest BCUT2D eigenvalue weighted by molar-refractivity contribution is -0.0470. The van der Waals surface area contributed by atoms with Crippen LogP contribution in [0.15, 0.2) is 97.1 Å². The minimum atomic E-state index is -1.36. The third kappa shape index (κ3) is 3.24. The number of carboxylic acids is 1. The summed E-state index contributed by atoms with van der Waals surface area (Å²) in [4.78, 5) is 12.1. The van der Waals surface area contributed by atoms with Crippen LogP contribution in [0.1, 0.15) is 32.6 Å². The predicted molar refractivity (Wildman–Crippen MR) is 119 cm³/mol. The molecule has 0 aromatic heterocycles. The summed E-state index contributed by atoms with van der Waals surface area (Å²) in [7, 11) is 0. The molecule has 0 radical (unpaired) electrons. The molecule has 2 N–H and O–H groups in total. The molecule has 1 heterocycles. The van der Waals surface area contributed by atoms with Crippen LogP contribution in [0, 0.1) is 0 Å². The Morgan fingerprint density at radius 2 is 1.25 bits per heavy atom. The van der Waals surface area contributed by atoms with Gasteiger partial charge in [0.1, 0.15) is 0 Å². The van der Waals surface area contributed by atoms with E-state index in [4.69, 9.17) is 9.47 Å². The number of carbonyl (C=O) groups is 1. The molecular formula is C27H20O5. The van der Waals surface area contributed by atoms with E-state index in [1.54, 1.807) is 0 Å². The molecule has 0 saturated carbocycles. The summed E-state index contributed by atoms with van der Waals surface area (Å²) in [6.07, 6.45) is 0.314. The van der Waals surface area contributed by atoms with Crippen molar-refractivity contribution in [3.8, 4) is 17.2 Å². The van der Waals surface area contributed by atoms with E-state index < -0.39 is 11.8 Å². The number of aromatic carboxylic acids is 1. The van der Waals surface area contributed by atoms with Gasteiger partial charge >= 0.3 is 11.8 Å². The van der Waals surface area contributed by atoms with Crippen LogP contribution in [0.25, 0.3) is 0 Å². The van der Waals surface area contributed by atoms with Crippen molar-refractivity contribution in [2.75, 3.05) is 0 Å². The Hall–Kier alpha value is -4.25. The number of hydrogen-bond acceptors (Lipinski definition) is 4. The van der Waals surface area contributed by atoms with Crippen molar-refractivity contribution in [1.29, 1.82) is 0 Å². The molecule has 0 saturated heterocycles. The first-order valence-electron chi connectivity index (χ1n) is 10.2. The average molecular weight is 424 g/mol. The molecule has 158 valence electrons. The average Bonchev–Trinajstić information content (AvgIpc) is 3.25. The summed E-state index contributed by atoms with van der Waals surface area (Å²) >= 11 is 0. The van der Waals surface area contributed by atoms with Crippen molar-refractivity contribution in [2.24, 2.45) is 0 Å². The zero-order valence-corrected chi connectivity index (χ0v) is 17.1. The van der Waals surface area contributed by atoms with Crippen LogP contribution in [0.5, 0.6) is 17.2 Å². The van der Waals surface area contributed by atoms with E-state index >= 15 is 0 Å². The third-order valence-corrected chi connectivity index (χ3v) is 5.57. The van der Waals surface area contributed by atoms with Gasteiger partial charge in [-0.25, -0.2) is 4.79 Å². The number of benzene rings is 4. The molecule has 4 aromatic rings. The minimum Gasteiger partial charge on any atom is -0.504 e. The second kappa shape index (κ2) is 7.78. The lowest BCUT2D eigenvalue weighted by Crippen LogP contribution is -2.36. The number of aromatic hydroxyl groups is 1. The zero-order valence-electron chi connectivity index (χ0n) is 17.1. The molecule has 5 rings (SSSR count). The number of phenols is 1. The van der Waals surface area contributed by atoms with E-state index in [9.17, 15) is 15.0 Å². The number of fused-ring (bicyclic) bond motifs is 1. The Morgan fingerprint density at radius 3 is 1.78 bits per heavy atom. The quantitative estimate of drug-likeness (QED) is 0.451. The summed E-state index contributed by atoms with van der Waals surface area (Å²) < 4.78 is 12.8. The maximum atomic E-state index is 12.1. The fraction of sp³-hybridized carbons (Fsp3) is 0.0741. The Balaban J connectivity index is 1.72. The number of phenolic OH excluding ortho intramolecular Hbond substituents is 1. The summed E-state index contributed by atoms with van der Waals surface area (Å²) in [5.74, 6) is -2.41. The van der Waals surface area contributed by atoms with Gasteiger partial charge in [0.05, 0.1) is 5.56 Å². The van der Waals surface area contributed by atoms with Gasteiger partial charge in [0.25, 0.3) is 0 Å². The van der Waals surface area contributed by atoms with Crippen molar-refractivity contribution < 1.29 is 24.5 Å². The van der Waals surface area contributed by atoms with Gasteiger partial charge in [0.2, 0.25) is 5.75 Å². The SMILES string of the molecule is O=C(O)c1cc(O)c2c(c1Cc1ccccc1)OC(c1ccccc1)(c1ccccc1)O2. The second-order valence-electron chi connectivity index (χ2n) is 7.60. The minimum absolute atomic E-state index is 0.0226. The number of rotatable bonds is 5. The molecule has 1 aliphatic rings. The highest BCUT2D eigenvalue weighted by atomic mass is 16.7. The van der Waals surface area contributed by atoms with Gasteiger partial charge in [0.15, 0.2) is 11.5 Å². The molecule has 0 aliphatic carbocycles. The largest absolute Gasteiger partial charge is 0.504 e. The van der Waals surface area contributed by atoms with Gasteiger partial charge in [-0.05, 0) is 11.6 Å². The van der Waals surface area contributed by atoms with Crippen molar-refractivity contribution in [2.45, 2.75) is 12.2 Å². The summed E-state index contributed by atoms with van der Waals surface area (Å²) in [5, 5.41) is 20.6. The highest BCUT2D eigenvalue weighted by Crippen LogP contribution is 2.54. The van der Waals surface area contributed by atoms with Crippen molar-refractivity contribution in [3.05, 3.63) is 125 Å². The van der Waals surface area contributed by atoms with Crippen LogP contribution in [-0.2, 0) is 12.2 Å². The zero-order chi connectivity index (χ0) is 22.1. The first-order valence-corrected chi connectivity index (χ1v) is 10.2. The Morgan fingerprint density at radius 1 is 0.750 bits per heavy atom. The van der Waals surface area contributed by atoms with Gasteiger partial charge < -0.3 is 19.7 Å². The Kier molecular flexibility index (Phi) is 4.79. The smallest absolute Gasteiger partial charge is 0.336 e. The molecular weight excluding hydrogens is 404 g/mol. The van der Waals surface area contributed by atoms with Crippen molar-refractivity contribution in [3.63, 3.8) is 0 Å². The van der Waals surface area contributed by atoms with Gasteiger partial charge in [-0.2, -0.15) is 0 Å². The third-order valence-electron chi connectivity index (χ3n) is 5.57. The van der Waals surface area contributed by atoms with E-state index in [-0.39, 0.29) is 22.8 Å². The Labute approximate surface area is 185 Å². The number of hydrogen-bond donors (Lipinski definition) is 2. The first kappa shape index (κ1) is 19.7. The van der Waals surface area contributed by atoms with Crippen LogP contribution in [0.3, 0.4) is 0 Å². The molecule has 0 amide bonds. The predicted octanol–water partition coefficient (Wildman–Crippen LogP) is 5.35. The van der Waals surface area contributed by atoms with E-state index in [0.717, 1.165) is 16.7 Å². The maximum Gasteiger partial charge on any atom is 0.336 e. The molecule has 5 heteroatoms. The van der Waals surface area contributed by atoms with Crippen LogP contribution >= 0.6 is 0 Å². The van der Waals surface area contributed by atoms with Gasteiger partial charge in [-0.1, -0.05) is 91.0 Å². The van der Waals surface area contributed by atoms with Gasteiger partial charge in [-0.3, -0.25) is 0 Å². The molecule has 32 heavy (non-hydrogen) atoms. The molecule has 5 nitrogen and oxygen atoms in total. The fourth-order valence-corrected chi connectivity index (χ4v) is 4.06. The summed E-state index contributed by atoms with van der Waals surface area (Å²) in [5.41, 5.74) is 2.80. The standard InChI is InChI=1S/C27H20O5/c28-23-17-22(26(29)30)21(16-18-10-4-1-5-11-18)24-25(23)32-27(31-24,19-12-6-2-7-13-19)20-14-8-3-9-15-20/h1-15,17,28H,16H2,(H,29,30). The van der Waals surface area contributed by atoms with Crippen LogP contribution in [0.2, 0.25) is 0 Å². The fourth-order valence-electron chi connectivity index (χ4n) is 4.06. The molecule has 4 aromatic carbocycles. The molecule has 1 aliphatic heterocycles. The maximum absolute atomic E-state index is 12.1. The molecule has 0 atom stereocenters. The molecule has 0 bridgehead atoms. The van der Waals surface area contributed by atoms with Crippen LogP contribution in [0.4, 0.5) is 0 Å². The topological polar surface area (TPSA) is 76.0 Å². The highest BCUT2D eigenvalue weighted by Gasteiger charge is 2.48. The van der Waals surface area contributed by atoms with Crippen molar-refractivity contribution >= 4 is 5.97 Å².